The fourth-order valence-corrected chi connectivity index (χ4v) is 9.14. The number of alkyl halides is 6. The topological polar surface area (TPSA) is 202 Å². The Morgan fingerprint density at radius 1 is 0.803 bits per heavy atom. The molecule has 410 valence electrons. The predicted molar refractivity (Wildman–Crippen MR) is 262 cm³/mol. The lowest BCUT2D eigenvalue weighted by atomic mass is 9.82. The third-order valence-corrected chi connectivity index (χ3v) is 13.9. The number of carbonyl (C=O) groups is 4. The molecule has 0 aliphatic carbocycles. The van der Waals surface area contributed by atoms with Crippen molar-refractivity contribution in [2.75, 3.05) is 38.2 Å². The van der Waals surface area contributed by atoms with Gasteiger partial charge in [0.05, 0.1) is 35.8 Å². The number of hydrogen-bond donors (Lipinski definition) is 6. The summed E-state index contributed by atoms with van der Waals surface area (Å²) in [5.74, 6) is 1.17. The first-order chi connectivity index (χ1) is 35.6. The number of aliphatic hydroxyl groups excluding tert-OH is 1. The second-order valence-corrected chi connectivity index (χ2v) is 19.7. The Hall–Kier alpha value is -7.10. The number of aromatic nitrogens is 2. The molecular formula is C52H59F8N9O7. The van der Waals surface area contributed by atoms with E-state index < -0.39 is 108 Å². The number of amides is 4. The summed E-state index contributed by atoms with van der Waals surface area (Å²) in [5, 5.41) is 27.7. The molecule has 4 aromatic rings. The second kappa shape index (κ2) is 23.8. The molecule has 76 heavy (non-hydrogen) atoms. The van der Waals surface area contributed by atoms with E-state index in [2.05, 4.69) is 48.6 Å². The maximum atomic E-state index is 16.0. The highest BCUT2D eigenvalue weighted by Crippen LogP contribution is 2.42. The number of carbonyl (C=O) groups excluding carboxylic acids is 3. The maximum absolute atomic E-state index is 16.0. The Morgan fingerprint density at radius 3 is 1.89 bits per heavy atom. The fourth-order valence-electron chi connectivity index (χ4n) is 9.14. The molecule has 6 rings (SSSR count). The van der Waals surface area contributed by atoms with Gasteiger partial charge in [-0.05, 0) is 108 Å². The number of ether oxygens (including phenoxy) is 1. The number of benzene rings is 2. The van der Waals surface area contributed by atoms with Crippen molar-refractivity contribution in [1.29, 1.82) is 0 Å². The minimum absolute atomic E-state index is 0.0432. The van der Waals surface area contributed by atoms with Crippen molar-refractivity contribution in [2.45, 2.75) is 109 Å². The zero-order valence-electron chi connectivity index (χ0n) is 42.3. The number of aliphatic hydroxyl groups is 1. The van der Waals surface area contributed by atoms with Gasteiger partial charge in [-0.2, -0.15) is 26.3 Å². The number of carboxylic acid groups (broad SMARTS) is 1. The summed E-state index contributed by atoms with van der Waals surface area (Å²) in [6, 6.07) is 10.4. The lowest BCUT2D eigenvalue weighted by molar-refractivity contribution is -0.221. The molecule has 0 saturated carbocycles. The Kier molecular flexibility index (Phi) is 18.2. The minimum Gasteiger partial charge on any atom is -0.465 e. The number of anilines is 1. The molecule has 2 saturated heterocycles. The third kappa shape index (κ3) is 13.8. The van der Waals surface area contributed by atoms with Crippen molar-refractivity contribution in [1.82, 2.24) is 41.3 Å². The molecule has 0 radical (unpaired) electrons. The zero-order chi connectivity index (χ0) is 55.9. The number of pyridine rings is 2. The van der Waals surface area contributed by atoms with Gasteiger partial charge in [0.1, 0.15) is 29.5 Å². The number of hydrogen-bond acceptors (Lipinski definition) is 11. The highest BCUT2D eigenvalue weighted by atomic mass is 19.4. The fraction of sp³-hybridized carbons (Fsp3) is 0.462. The van der Waals surface area contributed by atoms with E-state index in [4.69, 9.17) is 0 Å². The monoisotopic (exact) mass is 1070 g/mol. The Bertz CT molecular complexity index is 2720. The molecule has 0 spiro atoms. The van der Waals surface area contributed by atoms with E-state index in [9.17, 15) is 55.7 Å². The van der Waals surface area contributed by atoms with Gasteiger partial charge in [-0.1, -0.05) is 37.0 Å². The Balaban J connectivity index is 1.32. The van der Waals surface area contributed by atoms with Crippen LogP contribution in [0.3, 0.4) is 0 Å². The summed E-state index contributed by atoms with van der Waals surface area (Å²) in [4.78, 5) is 65.5. The van der Waals surface area contributed by atoms with Crippen LogP contribution in [0.5, 0.6) is 0 Å². The van der Waals surface area contributed by atoms with Crippen LogP contribution in [0.4, 0.5) is 50.5 Å². The molecule has 2 bridgehead atoms. The number of nitrogens with one attached hydrogen (secondary N) is 4. The van der Waals surface area contributed by atoms with Crippen LogP contribution in [-0.4, -0.2) is 136 Å². The molecule has 4 amide bonds. The van der Waals surface area contributed by atoms with Crippen LogP contribution in [0.1, 0.15) is 69.7 Å². The number of nitrogens with zero attached hydrogens (tertiary/aromatic N) is 5. The molecule has 16 nitrogen and oxygen atoms in total. The Labute approximate surface area is 433 Å². The Morgan fingerprint density at radius 2 is 1.38 bits per heavy atom. The van der Waals surface area contributed by atoms with Gasteiger partial charge in [0, 0.05) is 72.9 Å². The highest BCUT2D eigenvalue weighted by Gasteiger charge is 2.57. The van der Waals surface area contributed by atoms with Crippen molar-refractivity contribution < 1.29 is 69.3 Å². The number of alkyl carbamates (subject to hydrolysis) is 1. The summed E-state index contributed by atoms with van der Waals surface area (Å²) in [6.07, 6.45) is -11.1. The molecule has 6 atom stereocenters. The van der Waals surface area contributed by atoms with Crippen LogP contribution in [-0.2, 0) is 27.3 Å². The first-order valence-electron chi connectivity index (χ1n) is 24.1. The minimum atomic E-state index is -5.23. The van der Waals surface area contributed by atoms with Crippen LogP contribution >= 0.6 is 0 Å². The number of halogens is 8. The third-order valence-electron chi connectivity index (χ3n) is 13.9. The molecule has 2 aromatic heterocycles. The lowest BCUT2D eigenvalue weighted by Gasteiger charge is -2.41. The average molecular weight is 1070 g/mol. The largest absolute Gasteiger partial charge is 0.465 e. The quantitative estimate of drug-likeness (QED) is 0.0341. The first-order valence-corrected chi connectivity index (χ1v) is 24.1. The van der Waals surface area contributed by atoms with Gasteiger partial charge in [0.25, 0.3) is 5.91 Å². The van der Waals surface area contributed by atoms with Crippen LogP contribution < -0.4 is 26.3 Å². The number of piperazine rings is 1. The number of methoxy groups -OCH3 is 1. The van der Waals surface area contributed by atoms with Crippen LogP contribution in [0.15, 0.2) is 79.1 Å². The van der Waals surface area contributed by atoms with E-state index in [1.807, 2.05) is 22.9 Å². The molecule has 2 aromatic carbocycles. The summed E-state index contributed by atoms with van der Waals surface area (Å²) >= 11 is 0. The number of hydrazine groups is 1. The van der Waals surface area contributed by atoms with Crippen LogP contribution in [0.2, 0.25) is 0 Å². The molecule has 2 aliphatic heterocycles. The zero-order valence-corrected chi connectivity index (χ0v) is 42.3. The van der Waals surface area contributed by atoms with Gasteiger partial charge in [-0.25, -0.2) is 28.4 Å². The first kappa shape index (κ1) is 58.2. The van der Waals surface area contributed by atoms with Gasteiger partial charge in [0.2, 0.25) is 5.91 Å². The molecule has 2 unspecified atom stereocenters. The van der Waals surface area contributed by atoms with E-state index in [0.29, 0.717) is 61.5 Å². The molecular weight excluding hydrogens is 1010 g/mol. The van der Waals surface area contributed by atoms with E-state index in [-0.39, 0.29) is 11.3 Å². The van der Waals surface area contributed by atoms with Crippen molar-refractivity contribution in [3.05, 3.63) is 113 Å². The van der Waals surface area contributed by atoms with E-state index in [0.717, 1.165) is 57.5 Å². The smallest absolute Gasteiger partial charge is 0.407 e. The van der Waals surface area contributed by atoms with Crippen molar-refractivity contribution in [3.8, 4) is 23.1 Å². The molecule has 6 N–H and O–H groups in total. The number of fused-ring (bicyclic) bond motifs is 2. The summed E-state index contributed by atoms with van der Waals surface area (Å²) in [5.41, 5.74) is -3.44. The predicted octanol–water partition coefficient (Wildman–Crippen LogP) is 6.95. The molecule has 24 heteroatoms. The summed E-state index contributed by atoms with van der Waals surface area (Å²) in [6.45, 7) is 5.04. The molecule has 2 aliphatic rings. The van der Waals surface area contributed by atoms with Crippen LogP contribution in [0, 0.1) is 34.3 Å². The highest BCUT2D eigenvalue weighted by molar-refractivity contribution is 5.87. The molecule has 4 heterocycles. The summed E-state index contributed by atoms with van der Waals surface area (Å²) < 4.78 is 123. The van der Waals surface area contributed by atoms with Crippen LogP contribution in [0.25, 0.3) is 11.3 Å². The SMILES string of the molecule is CCN1C2CCC1CN(c1ccc(C#Cc3ccc(C[C@H](NC(=O)[C@@H](NC(=O)OC)C(C)(C)C(F)(F)F)[C@@H](O)CN(Cc4c(F)cc(-c5ccccn5)cc4F)NC(=O)[C@@H](NC(=O)O)C(C)(C)C(F)(F)F)cc3)cn1)C2. The number of rotatable bonds is 18. The van der Waals surface area contributed by atoms with Crippen molar-refractivity contribution in [2.24, 2.45) is 10.8 Å². The van der Waals surface area contributed by atoms with Gasteiger partial charge >= 0.3 is 24.5 Å². The summed E-state index contributed by atoms with van der Waals surface area (Å²) in [7, 11) is 0.837. The van der Waals surface area contributed by atoms with Gasteiger partial charge < -0.3 is 35.8 Å². The standard InChI is InChI=1S/C52H59F8N9O7/c1-7-69-34-18-19-35(69)27-67(26-34)42-20-17-32(25-62-42)16-13-30-11-14-31(15-12-30)22-40(63-45(71)43(65-48(75)76-6)49(2,3)51(55,56)57)41(70)29-68(66-46(72)44(64-47(73)74)50(4,5)52(58,59)60)28-36-37(53)23-33(24-38(36)54)39-10-8-9-21-61-39/h8-12,14-15,17,20-21,23-25,34-35,40-41,43-44,64,70H,7,18-19,22,26-29H2,1-6H3,(H,63,71)(H,65,75)(H,66,72)(H,73,74)/t34?,35?,40-,41-,43+,44+/m0/s1. The lowest BCUT2D eigenvalue weighted by Crippen LogP contribution is -2.63. The number of likely N-dealkylation sites (N-methyl/N-ethyl adjacent to an activating group) is 1. The maximum Gasteiger partial charge on any atom is 0.407 e. The van der Waals surface area contributed by atoms with Crippen molar-refractivity contribution >= 4 is 29.8 Å². The van der Waals surface area contributed by atoms with E-state index in [1.54, 1.807) is 30.5 Å². The normalized spacial score (nSPS) is 17.7. The van der Waals surface area contributed by atoms with Gasteiger partial charge in [-0.3, -0.25) is 24.9 Å². The van der Waals surface area contributed by atoms with E-state index >= 15 is 8.78 Å². The van der Waals surface area contributed by atoms with Gasteiger partial charge in [-0.15, -0.1) is 0 Å². The van der Waals surface area contributed by atoms with Crippen molar-refractivity contribution in [3.63, 3.8) is 0 Å². The average Bonchev–Trinajstić information content (AvgIpc) is 3.61. The van der Waals surface area contributed by atoms with E-state index in [1.165, 1.54) is 29.7 Å². The second-order valence-electron chi connectivity index (χ2n) is 19.7. The van der Waals surface area contributed by atoms with Gasteiger partial charge in [0.15, 0.2) is 0 Å². The molecule has 2 fully saturated rings.